The molecule has 0 unspecified atom stereocenters. The molecule has 0 fully saturated rings. The van der Waals surface area contributed by atoms with Gasteiger partial charge in [-0.2, -0.15) is 8.42 Å². The van der Waals surface area contributed by atoms with E-state index in [-0.39, 0.29) is 13.0 Å². The number of hydrogen-bond acceptors (Lipinski definition) is 4. The molecule has 1 atom stereocenters. The first-order chi connectivity index (χ1) is 5.89. The molecule has 0 aromatic heterocycles. The van der Waals surface area contributed by atoms with Gasteiger partial charge in [0.1, 0.15) is 0 Å². The minimum atomic E-state index is -4.60. The third-order valence-electron chi connectivity index (χ3n) is 1.27. The number of nitrogens with one attached hydrogen (secondary N) is 1. The van der Waals surface area contributed by atoms with Crippen LogP contribution in [0.25, 0.3) is 0 Å². The van der Waals surface area contributed by atoms with Crippen LogP contribution >= 0.6 is 0 Å². The molecule has 0 saturated heterocycles. The molecule has 0 radical (unpaired) electrons. The molecule has 0 bridgehead atoms. The summed E-state index contributed by atoms with van der Waals surface area (Å²) >= 11 is 0. The molecule has 0 aliphatic heterocycles. The van der Waals surface area contributed by atoms with Gasteiger partial charge in [0, 0.05) is 6.54 Å². The van der Waals surface area contributed by atoms with Gasteiger partial charge in [-0.3, -0.25) is 14.1 Å². The lowest BCUT2D eigenvalue weighted by atomic mass is 10.3. The van der Waals surface area contributed by atoms with Gasteiger partial charge >= 0.3 is 5.97 Å². The molecule has 7 nitrogen and oxygen atoms in total. The number of carboxylic acid groups (broad SMARTS) is 1. The zero-order valence-electron chi connectivity index (χ0n) is 6.50. The highest BCUT2D eigenvalue weighted by atomic mass is 32.2. The molecule has 0 saturated carbocycles. The van der Waals surface area contributed by atoms with Crippen molar-refractivity contribution in [3.8, 4) is 0 Å². The van der Waals surface area contributed by atoms with E-state index in [9.17, 15) is 18.0 Å². The van der Waals surface area contributed by atoms with E-state index in [1.807, 2.05) is 0 Å². The van der Waals surface area contributed by atoms with Gasteiger partial charge in [-0.1, -0.05) is 0 Å². The Balaban J connectivity index is 4.29. The molecule has 0 aliphatic rings. The fraction of sp³-hybridized carbons (Fsp3) is 0.600. The summed E-state index contributed by atoms with van der Waals surface area (Å²) in [5.74, 6) is -1.64. The summed E-state index contributed by atoms with van der Waals surface area (Å²) in [6, 6.07) is 0. The minimum Gasteiger partial charge on any atom is -0.480 e. The van der Waals surface area contributed by atoms with Gasteiger partial charge in [0.25, 0.3) is 10.1 Å². The zero-order chi connectivity index (χ0) is 10.5. The average Bonchev–Trinajstić information content (AvgIpc) is 1.94. The highest BCUT2D eigenvalue weighted by Gasteiger charge is 2.29. The summed E-state index contributed by atoms with van der Waals surface area (Å²) in [4.78, 5) is 20.0. The second-order valence-electron chi connectivity index (χ2n) is 2.20. The van der Waals surface area contributed by atoms with Crippen LogP contribution in [0.3, 0.4) is 0 Å². The predicted molar refractivity (Wildman–Crippen MR) is 41.7 cm³/mol. The van der Waals surface area contributed by atoms with Crippen molar-refractivity contribution in [3.63, 3.8) is 0 Å². The number of carbonyl (C=O) groups is 2. The van der Waals surface area contributed by atoms with Crippen LogP contribution in [0.4, 0.5) is 0 Å². The molecule has 3 N–H and O–H groups in total. The first kappa shape index (κ1) is 11.8. The topological polar surface area (TPSA) is 121 Å². The summed E-state index contributed by atoms with van der Waals surface area (Å²) in [6.45, 7) is -0.125. The van der Waals surface area contributed by atoms with Gasteiger partial charge in [-0.15, -0.1) is 0 Å². The summed E-state index contributed by atoms with van der Waals surface area (Å²) in [5, 5.41) is 8.55. The van der Waals surface area contributed by atoms with Crippen molar-refractivity contribution in [1.82, 2.24) is 5.32 Å². The van der Waals surface area contributed by atoms with Gasteiger partial charge < -0.3 is 10.4 Å². The molecule has 0 aliphatic carbocycles. The number of carbonyl (C=O) groups excluding carboxylic acids is 1. The molecule has 0 rings (SSSR count). The maximum absolute atomic E-state index is 10.4. The van der Waals surface area contributed by atoms with Gasteiger partial charge in [0.15, 0.2) is 5.25 Å². The maximum atomic E-state index is 10.4. The van der Waals surface area contributed by atoms with Crippen LogP contribution < -0.4 is 5.32 Å². The fourth-order valence-corrected chi connectivity index (χ4v) is 1.34. The van der Waals surface area contributed by atoms with Crippen molar-refractivity contribution >= 4 is 22.5 Å². The number of rotatable bonds is 6. The highest BCUT2D eigenvalue weighted by molar-refractivity contribution is 7.87. The van der Waals surface area contributed by atoms with Crippen molar-refractivity contribution in [2.45, 2.75) is 11.7 Å². The highest BCUT2D eigenvalue weighted by Crippen LogP contribution is 2.03. The molecule has 0 heterocycles. The second kappa shape index (κ2) is 4.77. The van der Waals surface area contributed by atoms with Crippen molar-refractivity contribution in [1.29, 1.82) is 0 Å². The van der Waals surface area contributed by atoms with Gasteiger partial charge in [0.2, 0.25) is 6.41 Å². The lowest BCUT2D eigenvalue weighted by molar-refractivity contribution is -0.136. The van der Waals surface area contributed by atoms with Crippen molar-refractivity contribution in [2.75, 3.05) is 6.54 Å². The lowest BCUT2D eigenvalue weighted by Gasteiger charge is -2.07. The monoisotopic (exact) mass is 211 g/mol. The Labute approximate surface area is 74.5 Å². The first-order valence-electron chi connectivity index (χ1n) is 3.25. The van der Waals surface area contributed by atoms with Crippen molar-refractivity contribution in [3.05, 3.63) is 0 Å². The van der Waals surface area contributed by atoms with E-state index in [1.54, 1.807) is 0 Å². The van der Waals surface area contributed by atoms with E-state index in [1.165, 1.54) is 0 Å². The van der Waals surface area contributed by atoms with Crippen LogP contribution in [0.15, 0.2) is 0 Å². The largest absolute Gasteiger partial charge is 0.480 e. The summed E-state index contributed by atoms with van der Waals surface area (Å²) in [6.07, 6.45) is -0.0597. The van der Waals surface area contributed by atoms with E-state index in [0.29, 0.717) is 6.41 Å². The zero-order valence-corrected chi connectivity index (χ0v) is 7.32. The molecule has 8 heteroatoms. The third-order valence-corrected chi connectivity index (χ3v) is 2.43. The fourth-order valence-electron chi connectivity index (χ4n) is 0.673. The van der Waals surface area contributed by atoms with E-state index < -0.39 is 21.3 Å². The molecular formula is C5H9NO6S. The SMILES string of the molecule is O=CNCC[C@@H](C(=O)O)S(=O)(=O)O. The van der Waals surface area contributed by atoms with Crippen LogP contribution in [0.5, 0.6) is 0 Å². The number of amides is 1. The van der Waals surface area contributed by atoms with Gasteiger partial charge in [-0.25, -0.2) is 0 Å². The Kier molecular flexibility index (Phi) is 4.35. The predicted octanol–water partition coefficient (Wildman–Crippen LogP) is -1.54. The Hall–Kier alpha value is -1.15. The Morgan fingerprint density at radius 1 is 1.54 bits per heavy atom. The Bertz CT molecular complexity index is 283. The summed E-state index contributed by atoms with van der Waals surface area (Å²) < 4.78 is 29.3. The Morgan fingerprint density at radius 3 is 2.38 bits per heavy atom. The van der Waals surface area contributed by atoms with Crippen molar-refractivity contribution < 1.29 is 27.7 Å². The molecule has 1 amide bonds. The summed E-state index contributed by atoms with van der Waals surface area (Å²) in [7, 11) is -4.60. The van der Waals surface area contributed by atoms with Crippen LogP contribution in [0.2, 0.25) is 0 Å². The number of carboxylic acids is 1. The van der Waals surface area contributed by atoms with E-state index in [4.69, 9.17) is 9.66 Å². The molecule has 0 aromatic carbocycles. The van der Waals surface area contributed by atoms with E-state index >= 15 is 0 Å². The minimum absolute atomic E-state index is 0.125. The van der Waals surface area contributed by atoms with Gasteiger partial charge in [0.05, 0.1) is 0 Å². The maximum Gasteiger partial charge on any atom is 0.324 e. The summed E-state index contributed by atoms with van der Waals surface area (Å²) in [5.41, 5.74) is 0. The normalized spacial score (nSPS) is 13.3. The van der Waals surface area contributed by atoms with Crippen LogP contribution in [-0.4, -0.2) is 42.3 Å². The molecule has 13 heavy (non-hydrogen) atoms. The van der Waals surface area contributed by atoms with E-state index in [0.717, 1.165) is 0 Å². The molecule has 0 aromatic rings. The van der Waals surface area contributed by atoms with Crippen molar-refractivity contribution in [2.24, 2.45) is 0 Å². The first-order valence-corrected chi connectivity index (χ1v) is 4.76. The molecule has 0 spiro atoms. The van der Waals surface area contributed by atoms with Gasteiger partial charge in [-0.05, 0) is 6.42 Å². The molecular weight excluding hydrogens is 202 g/mol. The third kappa shape index (κ3) is 4.43. The molecule has 76 valence electrons. The van der Waals surface area contributed by atoms with E-state index in [2.05, 4.69) is 5.32 Å². The average molecular weight is 211 g/mol. The van der Waals surface area contributed by atoms with Crippen LogP contribution in [0.1, 0.15) is 6.42 Å². The Morgan fingerprint density at radius 2 is 2.08 bits per heavy atom. The lowest BCUT2D eigenvalue weighted by Crippen LogP contribution is -2.32. The number of aliphatic carboxylic acids is 1. The quantitative estimate of drug-likeness (QED) is 0.278. The van der Waals surface area contributed by atoms with Crippen LogP contribution in [0, 0.1) is 0 Å². The standard InChI is InChI=1S/C5H9NO6S/c7-3-6-2-1-4(5(8)9)13(10,11)12/h3-4H,1-2H2,(H,6,7)(H,8,9)(H,10,11,12)/t4-/m0/s1. The second-order valence-corrected chi connectivity index (χ2v) is 3.80. The van der Waals surface area contributed by atoms with Crippen LogP contribution in [-0.2, 0) is 19.7 Å². The smallest absolute Gasteiger partial charge is 0.324 e. The number of hydrogen-bond donors (Lipinski definition) is 3.